The van der Waals surface area contributed by atoms with Crippen LogP contribution in [0.25, 0.3) is 0 Å². The lowest BCUT2D eigenvalue weighted by atomic mass is 9.78. The number of rotatable bonds is 13. The van der Waals surface area contributed by atoms with E-state index >= 15 is 0 Å². The molecule has 0 spiro atoms. The molecule has 2 unspecified atom stereocenters. The molecular formula is C18H38N2O. The first-order valence-corrected chi connectivity index (χ1v) is 8.89. The molecule has 3 heteroatoms. The van der Waals surface area contributed by atoms with Crippen molar-refractivity contribution in [3.63, 3.8) is 0 Å². The summed E-state index contributed by atoms with van der Waals surface area (Å²) in [6, 6.07) is 0.397. The van der Waals surface area contributed by atoms with Crippen LogP contribution in [0.2, 0.25) is 0 Å². The number of hydrogen-bond acceptors (Lipinski definition) is 3. The molecule has 0 aromatic heterocycles. The Kier molecular flexibility index (Phi) is 11.0. The molecule has 0 aromatic carbocycles. The zero-order chi connectivity index (χ0) is 16.3. The second-order valence-corrected chi connectivity index (χ2v) is 7.05. The van der Waals surface area contributed by atoms with Crippen molar-refractivity contribution in [3.05, 3.63) is 0 Å². The van der Waals surface area contributed by atoms with Gasteiger partial charge >= 0.3 is 0 Å². The van der Waals surface area contributed by atoms with Crippen LogP contribution >= 0.6 is 0 Å². The molecule has 0 bridgehead atoms. The van der Waals surface area contributed by atoms with E-state index in [0.29, 0.717) is 18.4 Å². The molecule has 0 rings (SSSR count). The second-order valence-electron chi connectivity index (χ2n) is 7.05. The topological polar surface area (TPSA) is 55.1 Å². The summed E-state index contributed by atoms with van der Waals surface area (Å²) in [5.41, 5.74) is 5.37. The van der Waals surface area contributed by atoms with Crippen molar-refractivity contribution in [2.24, 2.45) is 11.1 Å². The predicted molar refractivity (Wildman–Crippen MR) is 92.5 cm³/mol. The molecule has 0 aliphatic rings. The standard InChI is InChI=1S/C18H38N2O/c1-6-8-13-18(4,5)17(21)16(12-9-10-14-19)20-15(3)11-7-2/h15-16,20H,6-14,19H2,1-5H3. The van der Waals surface area contributed by atoms with E-state index in [9.17, 15) is 4.79 Å². The Morgan fingerprint density at radius 3 is 2.29 bits per heavy atom. The Hall–Kier alpha value is -0.410. The van der Waals surface area contributed by atoms with Crippen LogP contribution in [-0.4, -0.2) is 24.4 Å². The van der Waals surface area contributed by atoms with Crippen LogP contribution in [-0.2, 0) is 4.79 Å². The van der Waals surface area contributed by atoms with Crippen LogP contribution in [0.3, 0.4) is 0 Å². The average molecular weight is 299 g/mol. The fraction of sp³-hybridized carbons (Fsp3) is 0.944. The molecule has 0 saturated carbocycles. The summed E-state index contributed by atoms with van der Waals surface area (Å²) in [4.78, 5) is 12.9. The van der Waals surface area contributed by atoms with Crippen molar-refractivity contribution in [1.82, 2.24) is 5.32 Å². The van der Waals surface area contributed by atoms with Crippen molar-refractivity contribution in [3.8, 4) is 0 Å². The maximum Gasteiger partial charge on any atom is 0.155 e. The first kappa shape index (κ1) is 20.6. The number of carbonyl (C=O) groups is 1. The first-order chi connectivity index (χ1) is 9.88. The molecule has 0 heterocycles. The van der Waals surface area contributed by atoms with E-state index in [4.69, 9.17) is 5.73 Å². The molecule has 2 atom stereocenters. The number of ketones is 1. The van der Waals surface area contributed by atoms with Gasteiger partial charge in [-0.25, -0.2) is 0 Å². The summed E-state index contributed by atoms with van der Waals surface area (Å²) in [7, 11) is 0. The molecule has 0 radical (unpaired) electrons. The third kappa shape index (κ3) is 8.57. The molecule has 0 aromatic rings. The summed E-state index contributed by atoms with van der Waals surface area (Å²) >= 11 is 0. The van der Waals surface area contributed by atoms with Gasteiger partial charge in [0.25, 0.3) is 0 Å². The van der Waals surface area contributed by atoms with Gasteiger partial charge in [-0.1, -0.05) is 53.4 Å². The van der Waals surface area contributed by atoms with Crippen LogP contribution in [0.4, 0.5) is 0 Å². The Labute approximate surface area is 132 Å². The minimum absolute atomic E-state index is 0.00930. The van der Waals surface area contributed by atoms with E-state index in [1.54, 1.807) is 0 Å². The quantitative estimate of drug-likeness (QED) is 0.504. The minimum Gasteiger partial charge on any atom is -0.330 e. The molecule has 21 heavy (non-hydrogen) atoms. The lowest BCUT2D eigenvalue weighted by Gasteiger charge is -2.31. The van der Waals surface area contributed by atoms with Gasteiger partial charge in [-0.2, -0.15) is 0 Å². The Bertz CT molecular complexity index is 276. The predicted octanol–water partition coefficient (Wildman–Crippen LogP) is 4.05. The molecule has 3 nitrogen and oxygen atoms in total. The van der Waals surface area contributed by atoms with Crippen LogP contribution in [0.1, 0.15) is 86.0 Å². The highest BCUT2D eigenvalue weighted by atomic mass is 16.1. The molecule has 0 aliphatic carbocycles. The Morgan fingerprint density at radius 2 is 1.76 bits per heavy atom. The van der Waals surface area contributed by atoms with Gasteiger partial charge in [0.2, 0.25) is 0 Å². The Balaban J connectivity index is 4.70. The molecule has 126 valence electrons. The van der Waals surface area contributed by atoms with E-state index in [1.165, 1.54) is 0 Å². The number of hydrogen-bond donors (Lipinski definition) is 2. The minimum atomic E-state index is -0.220. The molecule has 3 N–H and O–H groups in total. The number of unbranched alkanes of at least 4 members (excludes halogenated alkanes) is 2. The normalized spacial score (nSPS) is 15.0. The summed E-state index contributed by atoms with van der Waals surface area (Å²) in [6.07, 6.45) is 8.48. The molecule has 0 saturated heterocycles. The maximum absolute atomic E-state index is 12.9. The summed E-state index contributed by atoms with van der Waals surface area (Å²) in [5, 5.41) is 3.57. The maximum atomic E-state index is 12.9. The van der Waals surface area contributed by atoms with Crippen LogP contribution in [0.5, 0.6) is 0 Å². The first-order valence-electron chi connectivity index (χ1n) is 8.89. The number of nitrogens with one attached hydrogen (secondary N) is 1. The summed E-state index contributed by atoms with van der Waals surface area (Å²) < 4.78 is 0. The summed E-state index contributed by atoms with van der Waals surface area (Å²) in [5.74, 6) is 0.385. The summed E-state index contributed by atoms with van der Waals surface area (Å²) in [6.45, 7) is 11.5. The molecule has 0 fully saturated rings. The Morgan fingerprint density at radius 1 is 1.10 bits per heavy atom. The van der Waals surface area contributed by atoms with Gasteiger partial charge in [-0.15, -0.1) is 0 Å². The van der Waals surface area contributed by atoms with Gasteiger partial charge in [0.05, 0.1) is 6.04 Å². The van der Waals surface area contributed by atoms with E-state index < -0.39 is 0 Å². The van der Waals surface area contributed by atoms with Crippen molar-refractivity contribution in [2.45, 2.75) is 98.1 Å². The van der Waals surface area contributed by atoms with Gasteiger partial charge < -0.3 is 11.1 Å². The van der Waals surface area contributed by atoms with E-state index in [2.05, 4.69) is 39.9 Å². The zero-order valence-electron chi connectivity index (χ0n) is 15.0. The highest BCUT2D eigenvalue weighted by Gasteiger charge is 2.33. The average Bonchev–Trinajstić information content (AvgIpc) is 2.43. The fourth-order valence-electron chi connectivity index (χ4n) is 2.86. The lowest BCUT2D eigenvalue weighted by molar-refractivity contribution is -0.130. The SMILES string of the molecule is CCCCC(C)(C)C(=O)C(CCCCN)NC(C)CCC. The number of carbonyl (C=O) groups excluding carboxylic acids is 1. The number of Topliss-reactive ketones (excluding diaryl/α,β-unsaturated/α-hetero) is 1. The third-order valence-corrected chi connectivity index (χ3v) is 4.29. The van der Waals surface area contributed by atoms with Gasteiger partial charge in [0.1, 0.15) is 0 Å². The van der Waals surface area contributed by atoms with Crippen molar-refractivity contribution in [1.29, 1.82) is 0 Å². The van der Waals surface area contributed by atoms with Crippen LogP contribution in [0.15, 0.2) is 0 Å². The zero-order valence-corrected chi connectivity index (χ0v) is 15.0. The van der Waals surface area contributed by atoms with Crippen molar-refractivity contribution < 1.29 is 4.79 Å². The van der Waals surface area contributed by atoms with E-state index in [-0.39, 0.29) is 11.5 Å². The highest BCUT2D eigenvalue weighted by Crippen LogP contribution is 2.27. The molecule has 0 amide bonds. The van der Waals surface area contributed by atoms with Crippen molar-refractivity contribution >= 4 is 5.78 Å². The monoisotopic (exact) mass is 298 g/mol. The van der Waals surface area contributed by atoms with Gasteiger partial charge in [0, 0.05) is 11.5 Å². The van der Waals surface area contributed by atoms with Gasteiger partial charge in [-0.05, 0) is 39.2 Å². The molecular weight excluding hydrogens is 260 g/mol. The highest BCUT2D eigenvalue weighted by molar-refractivity contribution is 5.89. The van der Waals surface area contributed by atoms with Crippen LogP contribution in [0, 0.1) is 5.41 Å². The largest absolute Gasteiger partial charge is 0.330 e. The fourth-order valence-corrected chi connectivity index (χ4v) is 2.86. The third-order valence-electron chi connectivity index (χ3n) is 4.29. The number of nitrogens with two attached hydrogens (primary N) is 1. The van der Waals surface area contributed by atoms with Crippen molar-refractivity contribution in [2.75, 3.05) is 6.54 Å². The van der Waals surface area contributed by atoms with Gasteiger partial charge in [-0.3, -0.25) is 4.79 Å². The van der Waals surface area contributed by atoms with Gasteiger partial charge in [0.15, 0.2) is 5.78 Å². The second kappa shape index (κ2) is 11.2. The smallest absolute Gasteiger partial charge is 0.155 e. The van der Waals surface area contributed by atoms with E-state index in [1.807, 2.05) is 0 Å². The molecule has 0 aliphatic heterocycles. The lowest BCUT2D eigenvalue weighted by Crippen LogP contribution is -2.47. The van der Waals surface area contributed by atoms with Crippen LogP contribution < -0.4 is 11.1 Å². The van der Waals surface area contributed by atoms with E-state index in [0.717, 1.165) is 51.4 Å².